The number of esters is 1. The van der Waals surface area contributed by atoms with Crippen molar-refractivity contribution in [3.05, 3.63) is 60.8 Å². The van der Waals surface area contributed by atoms with Crippen LogP contribution >= 0.6 is 0 Å². The van der Waals surface area contributed by atoms with E-state index < -0.39 is 6.10 Å². The van der Waals surface area contributed by atoms with Gasteiger partial charge in [-0.15, -0.1) is 0 Å². The molecular formula is C37H64O4. The van der Waals surface area contributed by atoms with Crippen molar-refractivity contribution in [2.75, 3.05) is 19.8 Å². The van der Waals surface area contributed by atoms with Gasteiger partial charge in [0.1, 0.15) is 6.10 Å². The first-order chi connectivity index (χ1) is 20.2. The van der Waals surface area contributed by atoms with E-state index in [9.17, 15) is 9.90 Å². The van der Waals surface area contributed by atoms with Gasteiger partial charge >= 0.3 is 5.97 Å². The molecule has 1 atom stereocenters. The average molecular weight is 573 g/mol. The molecule has 0 rings (SSSR count). The predicted molar refractivity (Wildman–Crippen MR) is 177 cm³/mol. The lowest BCUT2D eigenvalue weighted by Crippen LogP contribution is -2.27. The Kier molecular flexibility index (Phi) is 32.7. The highest BCUT2D eigenvalue weighted by Crippen LogP contribution is 2.10. The fourth-order valence-electron chi connectivity index (χ4n) is 4.31. The molecule has 0 aliphatic heterocycles. The van der Waals surface area contributed by atoms with Crippen LogP contribution in [0.2, 0.25) is 0 Å². The number of aliphatic hydroxyl groups excluding tert-OH is 1. The molecule has 236 valence electrons. The van der Waals surface area contributed by atoms with Crippen molar-refractivity contribution in [3.8, 4) is 0 Å². The van der Waals surface area contributed by atoms with E-state index in [0.29, 0.717) is 13.0 Å². The van der Waals surface area contributed by atoms with Gasteiger partial charge in [0.15, 0.2) is 0 Å². The van der Waals surface area contributed by atoms with Crippen LogP contribution in [0.1, 0.15) is 142 Å². The van der Waals surface area contributed by atoms with E-state index in [1.807, 2.05) is 0 Å². The Balaban J connectivity index is 3.56. The largest absolute Gasteiger partial charge is 0.457 e. The van der Waals surface area contributed by atoms with Crippen LogP contribution in [0, 0.1) is 0 Å². The predicted octanol–water partition coefficient (Wildman–Crippen LogP) is 10.5. The van der Waals surface area contributed by atoms with E-state index >= 15 is 0 Å². The lowest BCUT2D eigenvalue weighted by Gasteiger charge is -2.15. The minimum Gasteiger partial charge on any atom is -0.457 e. The van der Waals surface area contributed by atoms with Crippen molar-refractivity contribution in [2.24, 2.45) is 0 Å². The maximum absolute atomic E-state index is 12.1. The lowest BCUT2D eigenvalue weighted by molar-refractivity contribution is -0.154. The van der Waals surface area contributed by atoms with Gasteiger partial charge in [-0.05, 0) is 77.0 Å². The molecule has 0 spiro atoms. The summed E-state index contributed by atoms with van der Waals surface area (Å²) in [6, 6.07) is 0. The lowest BCUT2D eigenvalue weighted by atomic mass is 10.1. The summed E-state index contributed by atoms with van der Waals surface area (Å²) < 4.78 is 11.0. The molecule has 4 nitrogen and oxygen atoms in total. The normalized spacial score (nSPS) is 13.1. The highest BCUT2D eigenvalue weighted by Gasteiger charge is 2.13. The molecule has 0 aliphatic rings. The van der Waals surface area contributed by atoms with Gasteiger partial charge in [-0.1, -0.05) is 120 Å². The van der Waals surface area contributed by atoms with E-state index in [4.69, 9.17) is 9.47 Å². The molecule has 0 heterocycles. The third kappa shape index (κ3) is 32.5. The van der Waals surface area contributed by atoms with E-state index in [-0.39, 0.29) is 19.2 Å². The minimum absolute atomic E-state index is 0.191. The van der Waals surface area contributed by atoms with Crippen molar-refractivity contribution in [3.63, 3.8) is 0 Å². The maximum atomic E-state index is 12.1. The van der Waals surface area contributed by atoms with Crippen molar-refractivity contribution in [1.82, 2.24) is 0 Å². The Hall–Kier alpha value is -1.91. The molecule has 4 heteroatoms. The molecular weight excluding hydrogens is 508 g/mol. The topological polar surface area (TPSA) is 55.8 Å². The summed E-state index contributed by atoms with van der Waals surface area (Å²) in [4.78, 5) is 12.1. The Morgan fingerprint density at radius 3 is 1.68 bits per heavy atom. The summed E-state index contributed by atoms with van der Waals surface area (Å²) >= 11 is 0. The second kappa shape index (κ2) is 34.3. The zero-order valence-corrected chi connectivity index (χ0v) is 26.8. The Morgan fingerprint density at radius 1 is 0.610 bits per heavy atom. The third-order valence-corrected chi connectivity index (χ3v) is 6.83. The summed E-state index contributed by atoms with van der Waals surface area (Å²) in [5, 5.41) is 9.52. The SMILES string of the molecule is CC/C=C\C/C=C\C/C=C\C/C=C\CCCCCOCC(CO)OC(=O)CCCCCCC/C=C\CCCCCC. The standard InChI is InChI=1S/C37H64O4/c1-3-5-7-9-11-13-15-17-18-19-21-23-25-27-29-31-33-40-35-36(34-38)41-37(39)32-30-28-26-24-22-20-16-14-12-10-8-6-4-2/h5,7,11,13-14,16-18,21,23,36,38H,3-4,6,8-10,12,15,19-20,22,24-35H2,1-2H3/b7-5-,13-11-,16-14-,18-17-,23-21-. The first-order valence-electron chi connectivity index (χ1n) is 16.9. The number of allylic oxidation sites excluding steroid dienone is 10. The second-order valence-electron chi connectivity index (χ2n) is 10.8. The third-order valence-electron chi connectivity index (χ3n) is 6.83. The van der Waals surface area contributed by atoms with Crippen molar-refractivity contribution >= 4 is 5.97 Å². The van der Waals surface area contributed by atoms with E-state index in [1.165, 1.54) is 51.4 Å². The number of unbranched alkanes of at least 4 members (excludes halogenated alkanes) is 12. The van der Waals surface area contributed by atoms with Gasteiger partial charge in [0.2, 0.25) is 0 Å². The summed E-state index contributed by atoms with van der Waals surface area (Å²) in [5.41, 5.74) is 0. The maximum Gasteiger partial charge on any atom is 0.306 e. The molecule has 0 aliphatic carbocycles. The molecule has 0 saturated heterocycles. The molecule has 0 bridgehead atoms. The number of carbonyl (C=O) groups excluding carboxylic acids is 1. The van der Waals surface area contributed by atoms with Crippen molar-refractivity contribution in [1.29, 1.82) is 0 Å². The molecule has 1 N–H and O–H groups in total. The Morgan fingerprint density at radius 2 is 1.10 bits per heavy atom. The highest BCUT2D eigenvalue weighted by molar-refractivity contribution is 5.69. The first-order valence-corrected chi connectivity index (χ1v) is 16.9. The smallest absolute Gasteiger partial charge is 0.306 e. The van der Waals surface area contributed by atoms with Crippen LogP contribution < -0.4 is 0 Å². The first kappa shape index (κ1) is 39.1. The van der Waals surface area contributed by atoms with Crippen LogP contribution in [-0.2, 0) is 14.3 Å². The van der Waals surface area contributed by atoms with E-state index in [0.717, 1.165) is 70.6 Å². The van der Waals surface area contributed by atoms with Gasteiger partial charge in [0.25, 0.3) is 0 Å². The van der Waals surface area contributed by atoms with Crippen LogP contribution in [0.15, 0.2) is 60.8 Å². The molecule has 0 radical (unpaired) electrons. The Labute approximate surface area is 254 Å². The van der Waals surface area contributed by atoms with Crippen LogP contribution in [-0.4, -0.2) is 37.0 Å². The Bertz CT molecular complexity index is 689. The highest BCUT2D eigenvalue weighted by atomic mass is 16.6. The average Bonchev–Trinajstić information content (AvgIpc) is 2.98. The zero-order valence-electron chi connectivity index (χ0n) is 26.8. The van der Waals surface area contributed by atoms with Crippen molar-refractivity contribution in [2.45, 2.75) is 148 Å². The summed E-state index contributed by atoms with van der Waals surface area (Å²) in [7, 11) is 0. The number of aliphatic hydroxyl groups is 1. The number of carbonyl (C=O) groups is 1. The monoisotopic (exact) mass is 572 g/mol. The molecule has 41 heavy (non-hydrogen) atoms. The number of rotatable bonds is 30. The number of hydrogen-bond acceptors (Lipinski definition) is 4. The van der Waals surface area contributed by atoms with Gasteiger partial charge in [-0.3, -0.25) is 4.79 Å². The van der Waals surface area contributed by atoms with Crippen LogP contribution in [0.4, 0.5) is 0 Å². The summed E-state index contributed by atoms with van der Waals surface area (Å²) in [5.74, 6) is -0.225. The second-order valence-corrected chi connectivity index (χ2v) is 10.8. The van der Waals surface area contributed by atoms with Gasteiger partial charge < -0.3 is 14.6 Å². The molecule has 0 fully saturated rings. The molecule has 0 saturated carbocycles. The van der Waals surface area contributed by atoms with Gasteiger partial charge in [0, 0.05) is 13.0 Å². The minimum atomic E-state index is -0.555. The number of ether oxygens (including phenoxy) is 2. The molecule has 0 aromatic carbocycles. The fraction of sp³-hybridized carbons (Fsp3) is 0.703. The van der Waals surface area contributed by atoms with Crippen LogP contribution in [0.3, 0.4) is 0 Å². The van der Waals surface area contributed by atoms with Gasteiger partial charge in [-0.25, -0.2) is 0 Å². The summed E-state index contributed by atoms with van der Waals surface area (Å²) in [6.07, 6.45) is 43.9. The fourth-order valence-corrected chi connectivity index (χ4v) is 4.31. The molecule has 0 aromatic heterocycles. The molecule has 0 amide bonds. The molecule has 0 aromatic rings. The molecule has 1 unspecified atom stereocenters. The number of hydrogen-bond donors (Lipinski definition) is 1. The van der Waals surface area contributed by atoms with Crippen LogP contribution in [0.25, 0.3) is 0 Å². The summed E-state index contributed by atoms with van der Waals surface area (Å²) in [6.45, 7) is 5.12. The zero-order chi connectivity index (χ0) is 29.9. The van der Waals surface area contributed by atoms with Crippen LogP contribution in [0.5, 0.6) is 0 Å². The van der Waals surface area contributed by atoms with Gasteiger partial charge in [-0.2, -0.15) is 0 Å². The van der Waals surface area contributed by atoms with Crippen molar-refractivity contribution < 1.29 is 19.4 Å². The quantitative estimate of drug-likeness (QED) is 0.0528. The van der Waals surface area contributed by atoms with E-state index in [2.05, 4.69) is 74.6 Å². The van der Waals surface area contributed by atoms with Gasteiger partial charge in [0.05, 0.1) is 13.2 Å². The van der Waals surface area contributed by atoms with E-state index in [1.54, 1.807) is 0 Å².